The molecule has 0 radical (unpaired) electrons. The van der Waals surface area contributed by atoms with Crippen molar-refractivity contribution in [2.24, 2.45) is 0 Å². The molecule has 3 aromatic rings. The highest BCUT2D eigenvalue weighted by molar-refractivity contribution is 6.29. The van der Waals surface area contributed by atoms with E-state index in [1.807, 2.05) is 28.8 Å². The minimum atomic E-state index is -0.0811. The molecule has 0 unspecified atom stereocenters. The van der Waals surface area contributed by atoms with Crippen molar-refractivity contribution in [1.29, 1.82) is 5.26 Å². The summed E-state index contributed by atoms with van der Waals surface area (Å²) < 4.78 is 2.03. The fourth-order valence-electron chi connectivity index (χ4n) is 3.18. The summed E-state index contributed by atoms with van der Waals surface area (Å²) in [5, 5.41) is 13.5. The number of aromatic nitrogens is 2. The van der Waals surface area contributed by atoms with Gasteiger partial charge in [-0.15, -0.1) is 0 Å². The zero-order valence-electron chi connectivity index (χ0n) is 12.7. The molecule has 1 N–H and O–H groups in total. The molecule has 0 atom stereocenters. The quantitative estimate of drug-likeness (QED) is 0.693. The second-order valence-electron chi connectivity index (χ2n) is 5.73. The number of halogens is 1. The third-order valence-corrected chi connectivity index (χ3v) is 4.46. The van der Waals surface area contributed by atoms with Crippen LogP contribution in [0.3, 0.4) is 0 Å². The van der Waals surface area contributed by atoms with Crippen LogP contribution in [0.2, 0.25) is 5.15 Å². The fraction of sp³-hybridized carbons (Fsp3) is 0.167. The number of carbonyl (C=O) groups excluding carboxylic acids is 1. The van der Waals surface area contributed by atoms with E-state index in [0.717, 1.165) is 35.0 Å². The Bertz CT molecular complexity index is 999. The number of hydrogen-bond donors (Lipinski definition) is 1. The molecule has 3 heterocycles. The Kier molecular flexibility index (Phi) is 3.47. The van der Waals surface area contributed by atoms with E-state index >= 15 is 0 Å². The Labute approximate surface area is 143 Å². The molecule has 0 fully saturated rings. The van der Waals surface area contributed by atoms with Crippen LogP contribution < -0.4 is 5.32 Å². The Balaban J connectivity index is 2.06. The Morgan fingerprint density at radius 3 is 2.92 bits per heavy atom. The maximum Gasteiger partial charge on any atom is 0.267 e. The van der Waals surface area contributed by atoms with Crippen LogP contribution in [-0.2, 0) is 6.54 Å². The van der Waals surface area contributed by atoms with Crippen molar-refractivity contribution in [2.75, 3.05) is 6.54 Å². The summed E-state index contributed by atoms with van der Waals surface area (Å²) in [6.07, 6.45) is 2.55. The topological polar surface area (TPSA) is 70.7 Å². The number of nitriles is 1. The number of benzene rings is 1. The Morgan fingerprint density at radius 2 is 2.17 bits per heavy atom. The van der Waals surface area contributed by atoms with Crippen LogP contribution in [0, 0.1) is 11.3 Å². The summed E-state index contributed by atoms with van der Waals surface area (Å²) in [6.45, 7) is 1.41. The first-order valence-electron chi connectivity index (χ1n) is 7.65. The largest absolute Gasteiger partial charge is 0.351 e. The number of aryl methyl sites for hydroxylation is 1. The normalized spacial score (nSPS) is 13.9. The molecule has 0 aliphatic carbocycles. The Hall–Kier alpha value is -2.84. The van der Waals surface area contributed by atoms with E-state index in [-0.39, 0.29) is 5.91 Å². The van der Waals surface area contributed by atoms with Gasteiger partial charge in [0, 0.05) is 35.8 Å². The molecule has 0 saturated carbocycles. The smallest absolute Gasteiger partial charge is 0.267 e. The third kappa shape index (κ3) is 2.32. The summed E-state index contributed by atoms with van der Waals surface area (Å²) in [5.41, 5.74) is 3.88. The highest BCUT2D eigenvalue weighted by atomic mass is 35.5. The number of amides is 1. The van der Waals surface area contributed by atoms with Crippen molar-refractivity contribution >= 4 is 28.4 Å². The van der Waals surface area contributed by atoms with Gasteiger partial charge in [-0.25, -0.2) is 4.98 Å². The number of pyridine rings is 1. The summed E-state index contributed by atoms with van der Waals surface area (Å²) in [4.78, 5) is 16.4. The molecule has 4 rings (SSSR count). The van der Waals surface area contributed by atoms with Crippen molar-refractivity contribution in [1.82, 2.24) is 14.9 Å². The molecule has 1 aliphatic heterocycles. The van der Waals surface area contributed by atoms with E-state index in [0.29, 0.717) is 23.0 Å². The monoisotopic (exact) mass is 336 g/mol. The van der Waals surface area contributed by atoms with Crippen molar-refractivity contribution in [3.63, 3.8) is 0 Å². The minimum Gasteiger partial charge on any atom is -0.351 e. The number of rotatable bonds is 1. The molecule has 118 valence electrons. The lowest BCUT2D eigenvalue weighted by molar-refractivity contribution is 0.0951. The van der Waals surface area contributed by atoms with Crippen LogP contribution >= 0.6 is 11.6 Å². The predicted octanol–water partition coefficient (Wildman–Crippen LogP) is 3.36. The van der Waals surface area contributed by atoms with E-state index in [1.165, 1.54) is 0 Å². The zero-order chi connectivity index (χ0) is 16.7. The molecule has 1 amide bonds. The molecule has 1 aromatic carbocycles. The van der Waals surface area contributed by atoms with E-state index < -0.39 is 0 Å². The second kappa shape index (κ2) is 5.66. The summed E-state index contributed by atoms with van der Waals surface area (Å²) in [7, 11) is 0. The van der Waals surface area contributed by atoms with Crippen molar-refractivity contribution in [2.45, 2.75) is 13.0 Å². The van der Waals surface area contributed by atoms with Gasteiger partial charge in [-0.1, -0.05) is 11.6 Å². The van der Waals surface area contributed by atoms with Crippen LogP contribution in [0.25, 0.3) is 22.0 Å². The molecule has 5 nitrogen and oxygen atoms in total. The highest BCUT2D eigenvalue weighted by Crippen LogP contribution is 2.33. The van der Waals surface area contributed by atoms with Gasteiger partial charge in [-0.05, 0) is 36.8 Å². The van der Waals surface area contributed by atoms with E-state index in [9.17, 15) is 10.1 Å². The van der Waals surface area contributed by atoms with Gasteiger partial charge in [0.25, 0.3) is 5.91 Å². The van der Waals surface area contributed by atoms with Gasteiger partial charge in [0.2, 0.25) is 0 Å². The lowest BCUT2D eigenvalue weighted by Crippen LogP contribution is -2.22. The second-order valence-corrected chi connectivity index (χ2v) is 6.12. The molecular formula is C18H13ClN4O. The highest BCUT2D eigenvalue weighted by Gasteiger charge is 2.21. The van der Waals surface area contributed by atoms with Gasteiger partial charge in [0.15, 0.2) is 0 Å². The van der Waals surface area contributed by atoms with Crippen LogP contribution in [0.15, 0.2) is 36.5 Å². The van der Waals surface area contributed by atoms with Gasteiger partial charge in [-0.2, -0.15) is 5.26 Å². The third-order valence-electron chi connectivity index (χ3n) is 4.24. The number of nitrogens with zero attached hydrogens (tertiary/aromatic N) is 3. The van der Waals surface area contributed by atoms with Gasteiger partial charge in [-0.3, -0.25) is 4.79 Å². The average molecular weight is 337 g/mol. The zero-order valence-corrected chi connectivity index (χ0v) is 13.5. The molecule has 1 aliphatic rings. The van der Waals surface area contributed by atoms with E-state index in [4.69, 9.17) is 11.6 Å². The van der Waals surface area contributed by atoms with Crippen LogP contribution in [-0.4, -0.2) is 22.0 Å². The summed E-state index contributed by atoms with van der Waals surface area (Å²) >= 11 is 5.89. The number of nitrogens with one attached hydrogen (secondary N) is 1. The Morgan fingerprint density at radius 1 is 1.29 bits per heavy atom. The first kappa shape index (κ1) is 14.7. The van der Waals surface area contributed by atoms with Crippen molar-refractivity contribution in [3.8, 4) is 17.2 Å². The molecule has 0 saturated heterocycles. The lowest BCUT2D eigenvalue weighted by atomic mass is 10.0. The number of hydrogen-bond acceptors (Lipinski definition) is 3. The molecule has 24 heavy (non-hydrogen) atoms. The number of fused-ring (bicyclic) bond motifs is 3. The minimum absolute atomic E-state index is 0.0811. The lowest BCUT2D eigenvalue weighted by Gasteiger charge is -2.11. The first-order chi connectivity index (χ1) is 11.7. The molecule has 6 heteroatoms. The standard InChI is InChI=1S/C18H13ClN4O/c19-16-3-2-12(10-22-16)14-7-11(9-20)6-13-8-15-18(24)21-4-1-5-23(15)17(13)14/h2-3,6-8,10H,1,4-5H2,(H,21,24). The first-order valence-corrected chi connectivity index (χ1v) is 8.02. The fourth-order valence-corrected chi connectivity index (χ4v) is 3.30. The predicted molar refractivity (Wildman–Crippen MR) is 91.8 cm³/mol. The van der Waals surface area contributed by atoms with Crippen LogP contribution in [0.1, 0.15) is 22.5 Å². The van der Waals surface area contributed by atoms with Gasteiger partial charge in [0.05, 0.1) is 17.1 Å². The molecule has 0 bridgehead atoms. The maximum atomic E-state index is 12.3. The van der Waals surface area contributed by atoms with Gasteiger partial charge >= 0.3 is 0 Å². The van der Waals surface area contributed by atoms with Crippen LogP contribution in [0.4, 0.5) is 0 Å². The molecule has 0 spiro atoms. The summed E-state index contributed by atoms with van der Waals surface area (Å²) in [6, 6.07) is 11.3. The molecule has 2 aromatic heterocycles. The van der Waals surface area contributed by atoms with Crippen molar-refractivity contribution < 1.29 is 4.79 Å². The van der Waals surface area contributed by atoms with Crippen LogP contribution in [0.5, 0.6) is 0 Å². The summed E-state index contributed by atoms with van der Waals surface area (Å²) in [5.74, 6) is -0.0811. The maximum absolute atomic E-state index is 12.3. The SMILES string of the molecule is N#Cc1cc(-c2ccc(Cl)nc2)c2c(c1)cc1n2CCCNC1=O. The van der Waals surface area contributed by atoms with Gasteiger partial charge in [0.1, 0.15) is 10.8 Å². The van der Waals surface area contributed by atoms with Gasteiger partial charge < -0.3 is 9.88 Å². The van der Waals surface area contributed by atoms with Crippen molar-refractivity contribution in [3.05, 3.63) is 52.9 Å². The average Bonchev–Trinajstić information content (AvgIpc) is 2.87. The van der Waals surface area contributed by atoms with E-state index in [2.05, 4.69) is 16.4 Å². The van der Waals surface area contributed by atoms with E-state index in [1.54, 1.807) is 12.3 Å². The number of carbonyl (C=O) groups is 1. The molecular weight excluding hydrogens is 324 g/mol.